The fourth-order valence-electron chi connectivity index (χ4n) is 4.86. The average Bonchev–Trinajstić information content (AvgIpc) is 2.76. The van der Waals surface area contributed by atoms with Gasteiger partial charge < -0.3 is 4.74 Å². The molecule has 30 heavy (non-hydrogen) atoms. The molecule has 2 aromatic rings. The SMILES string of the molecule is CC(F)(F)CCC(C1CCCCC1)C(OCCCc1ccccc1)c1ccccc1. The minimum Gasteiger partial charge on any atom is -0.373 e. The molecule has 0 saturated heterocycles. The number of ether oxygens (including phenoxy) is 1. The lowest BCUT2D eigenvalue weighted by Crippen LogP contribution is -2.28. The Balaban J connectivity index is 1.71. The molecule has 0 heterocycles. The first-order chi connectivity index (χ1) is 14.5. The van der Waals surface area contributed by atoms with Gasteiger partial charge in [0.1, 0.15) is 0 Å². The highest BCUT2D eigenvalue weighted by Gasteiger charge is 2.34. The Kier molecular flexibility index (Phi) is 8.87. The number of rotatable bonds is 11. The predicted molar refractivity (Wildman–Crippen MR) is 120 cm³/mol. The van der Waals surface area contributed by atoms with E-state index in [9.17, 15) is 8.78 Å². The van der Waals surface area contributed by atoms with Gasteiger partial charge in [-0.3, -0.25) is 0 Å². The first-order valence-electron chi connectivity index (χ1n) is 11.6. The Labute approximate surface area is 180 Å². The second-order valence-corrected chi connectivity index (χ2v) is 8.96. The van der Waals surface area contributed by atoms with E-state index in [2.05, 4.69) is 36.4 Å². The fourth-order valence-corrected chi connectivity index (χ4v) is 4.86. The van der Waals surface area contributed by atoms with Crippen molar-refractivity contribution in [2.24, 2.45) is 11.8 Å². The van der Waals surface area contributed by atoms with Gasteiger partial charge in [-0.15, -0.1) is 0 Å². The van der Waals surface area contributed by atoms with Crippen molar-refractivity contribution in [2.45, 2.75) is 76.7 Å². The van der Waals surface area contributed by atoms with Crippen molar-refractivity contribution >= 4 is 0 Å². The first kappa shape index (κ1) is 22.9. The summed E-state index contributed by atoms with van der Waals surface area (Å²) in [4.78, 5) is 0. The van der Waals surface area contributed by atoms with Crippen LogP contribution in [0.4, 0.5) is 8.78 Å². The number of hydrogen-bond acceptors (Lipinski definition) is 1. The molecule has 1 aliphatic carbocycles. The van der Waals surface area contributed by atoms with Crippen LogP contribution >= 0.6 is 0 Å². The maximum atomic E-state index is 13.8. The molecule has 2 aromatic carbocycles. The smallest absolute Gasteiger partial charge is 0.245 e. The van der Waals surface area contributed by atoms with Gasteiger partial charge in [-0.2, -0.15) is 0 Å². The van der Waals surface area contributed by atoms with Crippen LogP contribution in [0.3, 0.4) is 0 Å². The molecule has 0 N–H and O–H groups in total. The molecule has 0 aromatic heterocycles. The third kappa shape index (κ3) is 7.50. The molecule has 164 valence electrons. The van der Waals surface area contributed by atoms with Gasteiger partial charge in [-0.1, -0.05) is 92.8 Å². The van der Waals surface area contributed by atoms with Crippen LogP contribution in [0.1, 0.15) is 75.5 Å². The zero-order chi connectivity index (χ0) is 21.2. The van der Waals surface area contributed by atoms with Gasteiger partial charge in [-0.05, 0) is 49.1 Å². The van der Waals surface area contributed by atoms with Crippen LogP contribution in [0.15, 0.2) is 60.7 Å². The summed E-state index contributed by atoms with van der Waals surface area (Å²) < 4.78 is 34.0. The van der Waals surface area contributed by atoms with Crippen LogP contribution in [0, 0.1) is 11.8 Å². The maximum Gasteiger partial charge on any atom is 0.245 e. The molecule has 3 heteroatoms. The molecule has 2 unspecified atom stereocenters. The van der Waals surface area contributed by atoms with E-state index in [1.165, 1.54) is 24.8 Å². The molecule has 1 aliphatic rings. The summed E-state index contributed by atoms with van der Waals surface area (Å²) >= 11 is 0. The normalized spacial score (nSPS) is 17.6. The van der Waals surface area contributed by atoms with Crippen molar-refractivity contribution < 1.29 is 13.5 Å². The van der Waals surface area contributed by atoms with Crippen LogP contribution in [-0.2, 0) is 11.2 Å². The summed E-state index contributed by atoms with van der Waals surface area (Å²) in [5.74, 6) is -2.00. The van der Waals surface area contributed by atoms with Crippen molar-refractivity contribution in [3.8, 4) is 0 Å². The van der Waals surface area contributed by atoms with E-state index >= 15 is 0 Å². The van der Waals surface area contributed by atoms with Crippen LogP contribution in [0.25, 0.3) is 0 Å². The minimum atomic E-state index is -2.62. The van der Waals surface area contributed by atoms with E-state index in [0.717, 1.165) is 38.2 Å². The Bertz CT molecular complexity index is 705. The van der Waals surface area contributed by atoms with Crippen molar-refractivity contribution in [1.29, 1.82) is 0 Å². The van der Waals surface area contributed by atoms with Crippen LogP contribution < -0.4 is 0 Å². The molecule has 0 amide bonds. The number of hydrogen-bond donors (Lipinski definition) is 0. The van der Waals surface area contributed by atoms with Gasteiger partial charge in [-0.25, -0.2) is 8.78 Å². The summed E-state index contributed by atoms with van der Waals surface area (Å²) in [6, 6.07) is 20.7. The number of benzene rings is 2. The lowest BCUT2D eigenvalue weighted by molar-refractivity contribution is -0.0421. The standard InChI is InChI=1S/C27H36F2O/c1-27(28,29)20-19-25(23-15-7-3-8-16-23)26(24-17-9-4-10-18-24)30-21-11-14-22-12-5-2-6-13-22/h2,4-6,9-10,12-13,17-18,23,25-26H,3,7-8,11,14-16,19-21H2,1H3. The van der Waals surface area contributed by atoms with E-state index in [-0.39, 0.29) is 18.4 Å². The molecule has 0 aliphatic heterocycles. The minimum absolute atomic E-state index is 0.0646. The van der Waals surface area contributed by atoms with E-state index in [0.29, 0.717) is 18.9 Å². The predicted octanol–water partition coefficient (Wildman–Crippen LogP) is 8.01. The summed E-state index contributed by atoms with van der Waals surface area (Å²) in [6.07, 6.45) is 8.22. The van der Waals surface area contributed by atoms with Crippen molar-refractivity contribution in [1.82, 2.24) is 0 Å². The third-order valence-electron chi connectivity index (χ3n) is 6.44. The van der Waals surface area contributed by atoms with Gasteiger partial charge >= 0.3 is 0 Å². The van der Waals surface area contributed by atoms with Gasteiger partial charge in [0, 0.05) is 13.0 Å². The quantitative estimate of drug-likeness (QED) is 0.338. The fraction of sp³-hybridized carbons (Fsp3) is 0.556. The highest BCUT2D eigenvalue weighted by atomic mass is 19.3. The van der Waals surface area contributed by atoms with Gasteiger partial charge in [0.2, 0.25) is 5.92 Å². The average molecular weight is 415 g/mol. The Morgan fingerprint density at radius 2 is 1.57 bits per heavy atom. The number of halogens is 2. The molecule has 2 atom stereocenters. The van der Waals surface area contributed by atoms with E-state index in [1.54, 1.807) is 0 Å². The molecule has 0 radical (unpaired) electrons. The molecular formula is C27H36F2O. The third-order valence-corrected chi connectivity index (χ3v) is 6.44. The van der Waals surface area contributed by atoms with Gasteiger partial charge in [0.25, 0.3) is 0 Å². The molecule has 1 nitrogen and oxygen atoms in total. The lowest BCUT2D eigenvalue weighted by atomic mass is 9.73. The van der Waals surface area contributed by atoms with E-state index < -0.39 is 5.92 Å². The van der Waals surface area contributed by atoms with Crippen LogP contribution in [0.5, 0.6) is 0 Å². The van der Waals surface area contributed by atoms with Crippen LogP contribution in [0.2, 0.25) is 0 Å². The topological polar surface area (TPSA) is 9.23 Å². The van der Waals surface area contributed by atoms with Gasteiger partial charge in [0.05, 0.1) is 6.10 Å². The molecule has 0 bridgehead atoms. The molecular weight excluding hydrogens is 378 g/mol. The number of alkyl halides is 2. The second kappa shape index (κ2) is 11.6. The van der Waals surface area contributed by atoms with E-state index in [4.69, 9.17) is 4.74 Å². The van der Waals surface area contributed by atoms with Crippen molar-refractivity contribution in [2.75, 3.05) is 6.61 Å². The molecule has 1 fully saturated rings. The Hall–Kier alpha value is -1.74. The highest BCUT2D eigenvalue weighted by molar-refractivity contribution is 5.19. The largest absolute Gasteiger partial charge is 0.373 e. The van der Waals surface area contributed by atoms with E-state index in [1.807, 2.05) is 24.3 Å². The summed E-state index contributed by atoms with van der Waals surface area (Å²) in [7, 11) is 0. The second-order valence-electron chi connectivity index (χ2n) is 8.96. The summed E-state index contributed by atoms with van der Waals surface area (Å²) in [6.45, 7) is 1.70. The monoisotopic (exact) mass is 414 g/mol. The van der Waals surface area contributed by atoms with Gasteiger partial charge in [0.15, 0.2) is 0 Å². The summed E-state index contributed by atoms with van der Waals surface area (Å²) in [5, 5.41) is 0. The zero-order valence-corrected chi connectivity index (χ0v) is 18.2. The molecule has 1 saturated carbocycles. The molecule has 3 rings (SSSR count). The Morgan fingerprint density at radius 1 is 0.933 bits per heavy atom. The lowest BCUT2D eigenvalue weighted by Gasteiger charge is -2.37. The number of aryl methyl sites for hydroxylation is 1. The zero-order valence-electron chi connectivity index (χ0n) is 18.2. The first-order valence-corrected chi connectivity index (χ1v) is 11.6. The maximum absolute atomic E-state index is 13.8. The van der Waals surface area contributed by atoms with Crippen LogP contribution in [-0.4, -0.2) is 12.5 Å². The van der Waals surface area contributed by atoms with Crippen molar-refractivity contribution in [3.05, 3.63) is 71.8 Å². The highest BCUT2D eigenvalue weighted by Crippen LogP contribution is 2.42. The summed E-state index contributed by atoms with van der Waals surface area (Å²) in [5.41, 5.74) is 2.44. The molecule has 0 spiro atoms. The Morgan fingerprint density at radius 3 is 2.20 bits per heavy atom. The van der Waals surface area contributed by atoms with Crippen molar-refractivity contribution in [3.63, 3.8) is 0 Å².